The lowest BCUT2D eigenvalue weighted by Crippen LogP contribution is -2.07. The van der Waals surface area contributed by atoms with Crippen molar-refractivity contribution in [2.24, 2.45) is 0 Å². The summed E-state index contributed by atoms with van der Waals surface area (Å²) < 4.78 is 31.8. The number of anilines is 1. The maximum Gasteiger partial charge on any atom is 0.338 e. The van der Waals surface area contributed by atoms with Crippen LogP contribution in [0.1, 0.15) is 15.9 Å². The first-order chi connectivity index (χ1) is 11.0. The highest BCUT2D eigenvalue weighted by atomic mass is 32.1. The molecular formula is C16H15F2NO3S. The lowest BCUT2D eigenvalue weighted by atomic mass is 10.1. The molecular weight excluding hydrogens is 324 g/mol. The Kier molecular flexibility index (Phi) is 5.70. The van der Waals surface area contributed by atoms with E-state index in [4.69, 9.17) is 9.84 Å². The number of carboxylic acid groups (broad SMARTS) is 1. The molecule has 2 aromatic carbocycles. The zero-order valence-electron chi connectivity index (χ0n) is 12.2. The van der Waals surface area contributed by atoms with Gasteiger partial charge < -0.3 is 15.2 Å². The Hall–Kier alpha value is -2.41. The second-order valence-electron chi connectivity index (χ2n) is 4.58. The van der Waals surface area contributed by atoms with E-state index in [0.29, 0.717) is 11.8 Å². The summed E-state index contributed by atoms with van der Waals surface area (Å²) in [5.41, 5.74) is 1.87. The van der Waals surface area contributed by atoms with Crippen molar-refractivity contribution in [3.63, 3.8) is 0 Å². The van der Waals surface area contributed by atoms with Gasteiger partial charge in [-0.15, -0.1) is 0 Å². The normalized spacial score (nSPS) is 11.1. The molecule has 2 rings (SSSR count). The second kappa shape index (κ2) is 7.73. The molecule has 0 aliphatic carbocycles. The van der Waals surface area contributed by atoms with Gasteiger partial charge in [0.05, 0.1) is 18.4 Å². The molecule has 0 heterocycles. The van der Waals surface area contributed by atoms with Crippen LogP contribution in [-0.4, -0.2) is 23.7 Å². The highest BCUT2D eigenvalue weighted by Crippen LogP contribution is 2.21. The van der Waals surface area contributed by atoms with Crippen LogP contribution in [0.5, 0.6) is 5.75 Å². The van der Waals surface area contributed by atoms with Gasteiger partial charge in [-0.05, 0) is 23.8 Å². The number of ether oxygens (including phenoxy) is 1. The van der Waals surface area contributed by atoms with Crippen LogP contribution in [-0.2, 0) is 5.75 Å². The average Bonchev–Trinajstić information content (AvgIpc) is 2.53. The minimum atomic E-state index is -1.40. The number of aromatic carboxylic acids is 1. The summed E-state index contributed by atoms with van der Waals surface area (Å²) in [5.74, 6) is -1.86. The van der Waals surface area contributed by atoms with Gasteiger partial charge in [0, 0.05) is 17.3 Å². The second-order valence-corrected chi connectivity index (χ2v) is 5.52. The Labute approximate surface area is 135 Å². The molecule has 0 aromatic heterocycles. The van der Waals surface area contributed by atoms with Crippen molar-refractivity contribution in [3.05, 3.63) is 59.2 Å². The standard InChI is InChI=1S/C16H15F2NO3S/c1-22-12-4-2-10(3-5-12)8-23-9-19-15-13(16(20)21)6-11(17)7-14(15)18/h2-7,9,19,23H,8H2,1H3,(H,20,21). The summed E-state index contributed by atoms with van der Waals surface area (Å²) in [6.07, 6.45) is 0. The third-order valence-electron chi connectivity index (χ3n) is 3.02. The molecule has 4 nitrogen and oxygen atoms in total. The van der Waals surface area contributed by atoms with Crippen LogP contribution in [0.2, 0.25) is 0 Å². The average molecular weight is 339 g/mol. The van der Waals surface area contributed by atoms with Gasteiger partial charge in [-0.3, -0.25) is 0 Å². The quantitative estimate of drug-likeness (QED) is 0.557. The molecule has 23 heavy (non-hydrogen) atoms. The third kappa shape index (κ3) is 4.53. The number of thiol groups is 1. The Bertz CT molecular complexity index is 733. The van der Waals surface area contributed by atoms with E-state index in [-0.39, 0.29) is 5.69 Å². The van der Waals surface area contributed by atoms with E-state index in [0.717, 1.165) is 28.7 Å². The zero-order valence-corrected chi connectivity index (χ0v) is 13.1. The minimum Gasteiger partial charge on any atom is -0.497 e. The fourth-order valence-corrected chi connectivity index (χ4v) is 2.61. The van der Waals surface area contributed by atoms with E-state index in [2.05, 4.69) is 5.32 Å². The lowest BCUT2D eigenvalue weighted by molar-refractivity contribution is 0.0697. The first-order valence-electron chi connectivity index (χ1n) is 6.61. The van der Waals surface area contributed by atoms with Gasteiger partial charge in [-0.1, -0.05) is 12.1 Å². The summed E-state index contributed by atoms with van der Waals surface area (Å²) in [4.78, 5) is 11.0. The van der Waals surface area contributed by atoms with Gasteiger partial charge in [0.2, 0.25) is 0 Å². The molecule has 0 fully saturated rings. The van der Waals surface area contributed by atoms with Crippen LogP contribution >= 0.6 is 11.4 Å². The summed E-state index contributed by atoms with van der Waals surface area (Å²) in [7, 11) is 1.59. The SMILES string of the molecule is COc1ccc(C[SH]=CNc2c(F)cc(F)cc2C(=O)O)cc1. The first-order valence-corrected chi connectivity index (χ1v) is 7.76. The van der Waals surface area contributed by atoms with E-state index in [1.807, 2.05) is 24.3 Å². The molecule has 0 aliphatic rings. The van der Waals surface area contributed by atoms with Crippen LogP contribution in [0.3, 0.4) is 0 Å². The highest BCUT2D eigenvalue weighted by molar-refractivity contribution is 7.96. The van der Waals surface area contributed by atoms with Crippen molar-refractivity contribution in [3.8, 4) is 5.75 Å². The Morgan fingerprint density at radius 3 is 2.61 bits per heavy atom. The van der Waals surface area contributed by atoms with Crippen molar-refractivity contribution >= 4 is 28.5 Å². The number of halogens is 2. The van der Waals surface area contributed by atoms with Crippen molar-refractivity contribution in [2.75, 3.05) is 12.4 Å². The van der Waals surface area contributed by atoms with E-state index in [1.54, 1.807) is 7.11 Å². The number of hydrogen-bond acceptors (Lipinski definition) is 2. The molecule has 2 aromatic rings. The van der Waals surface area contributed by atoms with Gasteiger partial charge in [0.15, 0.2) is 0 Å². The molecule has 0 atom stereocenters. The number of carboxylic acids is 1. The molecule has 0 saturated heterocycles. The maximum absolute atomic E-state index is 13.7. The summed E-state index contributed by atoms with van der Waals surface area (Å²) in [6.45, 7) is 0. The van der Waals surface area contributed by atoms with Gasteiger partial charge >= 0.3 is 5.97 Å². The Morgan fingerprint density at radius 1 is 1.30 bits per heavy atom. The number of methoxy groups -OCH3 is 1. The smallest absolute Gasteiger partial charge is 0.338 e. The first kappa shape index (κ1) is 17.0. The molecule has 0 bridgehead atoms. The minimum absolute atomic E-state index is 0.249. The van der Waals surface area contributed by atoms with Crippen LogP contribution in [0.25, 0.3) is 0 Å². The van der Waals surface area contributed by atoms with E-state index in [9.17, 15) is 13.6 Å². The molecule has 7 heteroatoms. The predicted molar refractivity (Wildman–Crippen MR) is 88.7 cm³/mol. The number of carbonyl (C=O) groups is 1. The number of nitrogens with one attached hydrogen (secondary N) is 1. The van der Waals surface area contributed by atoms with E-state index >= 15 is 0 Å². The predicted octanol–water partition coefficient (Wildman–Crippen LogP) is 3.51. The van der Waals surface area contributed by atoms with Crippen LogP contribution in [0.15, 0.2) is 36.4 Å². The van der Waals surface area contributed by atoms with Crippen molar-refractivity contribution < 1.29 is 23.4 Å². The fraction of sp³-hybridized carbons (Fsp3) is 0.125. The summed E-state index contributed by atoms with van der Waals surface area (Å²) in [6, 6.07) is 8.90. The molecule has 0 unspecified atom stereocenters. The van der Waals surface area contributed by atoms with E-state index < -0.39 is 23.2 Å². The van der Waals surface area contributed by atoms with Crippen LogP contribution < -0.4 is 10.1 Å². The Morgan fingerprint density at radius 2 is 2.00 bits per heavy atom. The lowest BCUT2D eigenvalue weighted by Gasteiger charge is -2.07. The number of rotatable bonds is 6. The van der Waals surface area contributed by atoms with Crippen LogP contribution in [0.4, 0.5) is 14.5 Å². The van der Waals surface area contributed by atoms with Crippen molar-refractivity contribution in [1.29, 1.82) is 0 Å². The summed E-state index contributed by atoms with van der Waals surface area (Å²) in [5, 5.41) is 11.6. The molecule has 0 aliphatic heterocycles. The molecule has 2 N–H and O–H groups in total. The topological polar surface area (TPSA) is 58.6 Å². The number of benzene rings is 2. The van der Waals surface area contributed by atoms with Gasteiger partial charge in [0.25, 0.3) is 0 Å². The van der Waals surface area contributed by atoms with Crippen molar-refractivity contribution in [1.82, 2.24) is 0 Å². The number of hydrogen-bond donors (Lipinski definition) is 3. The molecule has 122 valence electrons. The largest absolute Gasteiger partial charge is 0.497 e. The third-order valence-corrected chi connectivity index (χ3v) is 3.88. The highest BCUT2D eigenvalue weighted by Gasteiger charge is 2.15. The zero-order chi connectivity index (χ0) is 16.8. The van der Waals surface area contributed by atoms with Crippen LogP contribution in [0, 0.1) is 11.6 Å². The maximum atomic E-state index is 13.7. The van der Waals surface area contributed by atoms with Gasteiger partial charge in [0.1, 0.15) is 17.4 Å². The molecule has 0 radical (unpaired) electrons. The Balaban J connectivity index is 2.06. The van der Waals surface area contributed by atoms with Crippen molar-refractivity contribution in [2.45, 2.75) is 5.75 Å². The monoisotopic (exact) mass is 339 g/mol. The fourth-order valence-electron chi connectivity index (χ4n) is 1.88. The van der Waals surface area contributed by atoms with Gasteiger partial charge in [-0.2, -0.15) is 11.4 Å². The molecule has 0 saturated carbocycles. The summed E-state index contributed by atoms with van der Waals surface area (Å²) >= 11 is 0.802. The van der Waals surface area contributed by atoms with Gasteiger partial charge in [-0.25, -0.2) is 13.6 Å². The molecule has 0 spiro atoms. The van der Waals surface area contributed by atoms with E-state index in [1.165, 1.54) is 5.49 Å². The molecule has 0 amide bonds.